The summed E-state index contributed by atoms with van der Waals surface area (Å²) in [5.41, 5.74) is 3.75. The second-order valence-corrected chi connectivity index (χ2v) is 6.84. The number of rotatable bonds is 5. The summed E-state index contributed by atoms with van der Waals surface area (Å²) in [6.07, 6.45) is 0.954. The molecule has 3 atom stereocenters. The topological polar surface area (TPSA) is 39.1 Å². The van der Waals surface area contributed by atoms with Crippen molar-refractivity contribution in [2.75, 3.05) is 13.2 Å². The van der Waals surface area contributed by atoms with Gasteiger partial charge in [0, 0.05) is 55.0 Å². The van der Waals surface area contributed by atoms with Crippen LogP contribution in [0.5, 0.6) is 0 Å². The summed E-state index contributed by atoms with van der Waals surface area (Å²) in [6.45, 7) is 7.37. The van der Waals surface area contributed by atoms with Crippen molar-refractivity contribution in [1.29, 1.82) is 0 Å². The van der Waals surface area contributed by atoms with Crippen molar-refractivity contribution in [3.8, 4) is 0 Å². The molecule has 1 aliphatic rings. The van der Waals surface area contributed by atoms with Crippen molar-refractivity contribution in [2.24, 2.45) is 13.0 Å². The van der Waals surface area contributed by atoms with Crippen LogP contribution in [0.1, 0.15) is 48.0 Å². The Morgan fingerprint density at radius 1 is 1.36 bits per heavy atom. The molecule has 25 heavy (non-hydrogen) atoms. The largest absolute Gasteiger partial charge is 0.373 e. The average molecular weight is 349 g/mol. The van der Waals surface area contributed by atoms with E-state index in [2.05, 4.69) is 17.3 Å². The molecule has 3 rings (SSSR count). The second-order valence-electron chi connectivity index (χ2n) is 6.84. The van der Waals surface area contributed by atoms with E-state index in [4.69, 9.17) is 4.74 Å². The third-order valence-electron chi connectivity index (χ3n) is 5.18. The van der Waals surface area contributed by atoms with Gasteiger partial charge in [-0.3, -0.25) is 4.68 Å². The van der Waals surface area contributed by atoms with E-state index in [0.717, 1.165) is 29.4 Å². The number of aromatic nitrogens is 2. The highest BCUT2D eigenvalue weighted by molar-refractivity contribution is 5.28. The van der Waals surface area contributed by atoms with Crippen LogP contribution in [0.4, 0.5) is 8.78 Å². The van der Waals surface area contributed by atoms with Crippen molar-refractivity contribution in [2.45, 2.75) is 39.3 Å². The van der Waals surface area contributed by atoms with Gasteiger partial charge in [0.25, 0.3) is 0 Å². The smallest absolute Gasteiger partial charge is 0.130 e. The van der Waals surface area contributed by atoms with Crippen molar-refractivity contribution in [1.82, 2.24) is 15.1 Å². The lowest BCUT2D eigenvalue weighted by Gasteiger charge is -2.22. The van der Waals surface area contributed by atoms with Crippen molar-refractivity contribution >= 4 is 0 Å². The van der Waals surface area contributed by atoms with E-state index < -0.39 is 11.6 Å². The molecule has 0 unspecified atom stereocenters. The summed E-state index contributed by atoms with van der Waals surface area (Å²) in [7, 11) is 1.94. The first-order valence-electron chi connectivity index (χ1n) is 8.68. The maximum atomic E-state index is 13.9. The Labute approximate surface area is 147 Å². The van der Waals surface area contributed by atoms with Crippen molar-refractivity contribution < 1.29 is 13.5 Å². The molecule has 0 spiro atoms. The Balaban J connectivity index is 1.69. The summed E-state index contributed by atoms with van der Waals surface area (Å²) in [6, 6.07) is 3.52. The van der Waals surface area contributed by atoms with Gasteiger partial charge in [0.2, 0.25) is 0 Å². The lowest BCUT2D eigenvalue weighted by molar-refractivity contribution is 0.0888. The summed E-state index contributed by atoms with van der Waals surface area (Å²) >= 11 is 0. The average Bonchev–Trinajstić information content (AvgIpc) is 3.09. The fourth-order valence-electron chi connectivity index (χ4n) is 3.65. The molecule has 0 bridgehead atoms. The molecule has 1 aromatic heterocycles. The lowest BCUT2D eigenvalue weighted by atomic mass is 9.93. The number of hydrogen-bond donors (Lipinski definition) is 1. The molecule has 2 heterocycles. The van der Waals surface area contributed by atoms with E-state index in [9.17, 15) is 8.78 Å². The van der Waals surface area contributed by atoms with Crippen molar-refractivity contribution in [3.63, 3.8) is 0 Å². The van der Waals surface area contributed by atoms with E-state index in [1.54, 1.807) is 0 Å². The van der Waals surface area contributed by atoms with Crippen LogP contribution in [-0.2, 0) is 11.8 Å². The van der Waals surface area contributed by atoms with Crippen LogP contribution >= 0.6 is 0 Å². The van der Waals surface area contributed by atoms with Gasteiger partial charge in [0.05, 0.1) is 11.8 Å². The number of aryl methyl sites for hydroxylation is 2. The zero-order valence-corrected chi connectivity index (χ0v) is 15.1. The number of hydrogen-bond acceptors (Lipinski definition) is 3. The maximum absolute atomic E-state index is 13.9. The molecule has 1 aromatic carbocycles. The lowest BCUT2D eigenvalue weighted by Crippen LogP contribution is -2.28. The fourth-order valence-corrected chi connectivity index (χ4v) is 3.65. The summed E-state index contributed by atoms with van der Waals surface area (Å²) in [5, 5.41) is 7.86. The van der Waals surface area contributed by atoms with Crippen LogP contribution in [0.15, 0.2) is 18.2 Å². The summed E-state index contributed by atoms with van der Waals surface area (Å²) in [4.78, 5) is 0. The number of halogens is 2. The number of ether oxygens (including phenoxy) is 1. The van der Waals surface area contributed by atoms with Gasteiger partial charge in [-0.2, -0.15) is 5.10 Å². The Kier molecular flexibility index (Phi) is 5.20. The molecule has 1 aliphatic heterocycles. The van der Waals surface area contributed by atoms with Crippen LogP contribution in [-0.4, -0.2) is 22.9 Å². The van der Waals surface area contributed by atoms with Crippen LogP contribution in [0.2, 0.25) is 0 Å². The number of benzene rings is 1. The monoisotopic (exact) mass is 349 g/mol. The van der Waals surface area contributed by atoms with Gasteiger partial charge >= 0.3 is 0 Å². The van der Waals surface area contributed by atoms with E-state index in [1.165, 1.54) is 12.1 Å². The van der Waals surface area contributed by atoms with Crippen LogP contribution in [0.3, 0.4) is 0 Å². The first-order chi connectivity index (χ1) is 11.9. The maximum Gasteiger partial charge on any atom is 0.130 e. The van der Waals surface area contributed by atoms with Crippen LogP contribution in [0.25, 0.3) is 0 Å². The van der Waals surface area contributed by atoms with E-state index >= 15 is 0 Å². The normalized spacial score (nSPS) is 21.7. The number of nitrogens with one attached hydrogen (secondary N) is 1. The molecule has 0 amide bonds. The Bertz CT molecular complexity index is 759. The van der Waals surface area contributed by atoms with E-state index in [-0.39, 0.29) is 12.1 Å². The molecule has 0 saturated carbocycles. The van der Waals surface area contributed by atoms with Gasteiger partial charge in [0.15, 0.2) is 0 Å². The highest BCUT2D eigenvalue weighted by Gasteiger charge is 2.33. The summed E-state index contributed by atoms with van der Waals surface area (Å²) in [5.74, 6) is -0.772. The van der Waals surface area contributed by atoms with Crippen molar-refractivity contribution in [3.05, 3.63) is 52.3 Å². The molecule has 1 fully saturated rings. The van der Waals surface area contributed by atoms with Crippen LogP contribution < -0.4 is 5.32 Å². The molecular formula is C19H25F2N3O. The third kappa shape index (κ3) is 3.60. The molecule has 4 nitrogen and oxygen atoms in total. The highest BCUT2D eigenvalue weighted by atomic mass is 19.1. The quantitative estimate of drug-likeness (QED) is 0.894. The minimum Gasteiger partial charge on any atom is -0.373 e. The van der Waals surface area contributed by atoms with Gasteiger partial charge in [-0.15, -0.1) is 0 Å². The first-order valence-corrected chi connectivity index (χ1v) is 8.68. The summed E-state index contributed by atoms with van der Waals surface area (Å²) < 4.78 is 34.9. The minimum atomic E-state index is -0.555. The van der Waals surface area contributed by atoms with Gasteiger partial charge in [-0.1, -0.05) is 6.07 Å². The molecule has 1 saturated heterocycles. The standard InChI is InChI=1S/C19H25F2N3O/c1-11(16-6-5-15(20)9-17(16)21)22-10-14-7-8-25-19(14)18-12(2)23-24(4)13(18)3/h5-6,9,11,14,19,22H,7-8,10H2,1-4H3/t11-,14+,19+/m0/s1. The first kappa shape index (κ1) is 18.0. The Morgan fingerprint density at radius 2 is 2.12 bits per heavy atom. The molecule has 0 aliphatic carbocycles. The molecular weight excluding hydrogens is 324 g/mol. The fraction of sp³-hybridized carbons (Fsp3) is 0.526. The molecule has 0 radical (unpaired) electrons. The second kappa shape index (κ2) is 7.22. The van der Waals surface area contributed by atoms with Gasteiger partial charge in [0.1, 0.15) is 11.6 Å². The zero-order chi connectivity index (χ0) is 18.1. The Morgan fingerprint density at radius 3 is 2.76 bits per heavy atom. The number of nitrogens with zero attached hydrogens (tertiary/aromatic N) is 2. The molecule has 136 valence electrons. The SMILES string of the molecule is Cc1nn(C)c(C)c1[C@@H]1OCC[C@@H]1CN[C@@H](C)c1ccc(F)cc1F. The van der Waals surface area contributed by atoms with E-state index in [1.807, 2.05) is 25.6 Å². The van der Waals surface area contributed by atoms with E-state index in [0.29, 0.717) is 24.6 Å². The zero-order valence-electron chi connectivity index (χ0n) is 15.1. The molecule has 6 heteroatoms. The molecule has 2 aromatic rings. The van der Waals surface area contributed by atoms with Crippen LogP contribution in [0, 0.1) is 31.4 Å². The molecule has 1 N–H and O–H groups in total. The van der Waals surface area contributed by atoms with Gasteiger partial charge in [-0.05, 0) is 33.3 Å². The minimum absolute atomic E-state index is 0.00599. The predicted octanol–water partition coefficient (Wildman–Crippen LogP) is 3.74. The predicted molar refractivity (Wildman–Crippen MR) is 92.3 cm³/mol. The Hall–Kier alpha value is -1.79. The van der Waals surface area contributed by atoms with Gasteiger partial charge in [-0.25, -0.2) is 8.78 Å². The third-order valence-corrected chi connectivity index (χ3v) is 5.18. The highest BCUT2D eigenvalue weighted by Crippen LogP contribution is 2.37. The van der Waals surface area contributed by atoms with Gasteiger partial charge < -0.3 is 10.1 Å².